The largest absolute Gasteiger partial charge is 0.385 e. The number of hydrogen-bond donors (Lipinski definition) is 0. The first kappa shape index (κ1) is 13.6. The fourth-order valence-corrected chi connectivity index (χ4v) is 2.51. The van der Waals surface area contributed by atoms with E-state index in [1.807, 2.05) is 0 Å². The van der Waals surface area contributed by atoms with Crippen LogP contribution in [-0.4, -0.2) is 38.9 Å². The van der Waals surface area contributed by atoms with E-state index in [2.05, 4.69) is 0 Å². The monoisotopic (exact) mass is 222 g/mol. The molecular formula is C9H18O4S. The Bertz CT molecular complexity index is 269. The minimum Gasteiger partial charge on any atom is -0.385 e. The lowest BCUT2D eigenvalue weighted by Crippen LogP contribution is -2.29. The first-order valence-corrected chi connectivity index (χ1v) is 6.40. The van der Waals surface area contributed by atoms with Crippen LogP contribution in [0.2, 0.25) is 0 Å². The zero-order chi connectivity index (χ0) is 11.2. The van der Waals surface area contributed by atoms with Gasteiger partial charge in [0, 0.05) is 20.1 Å². The van der Waals surface area contributed by atoms with Gasteiger partial charge in [-0.15, -0.1) is 0 Å². The van der Waals surface area contributed by atoms with Crippen molar-refractivity contribution in [2.24, 2.45) is 0 Å². The Morgan fingerprint density at radius 3 is 2.43 bits per heavy atom. The molecule has 4 nitrogen and oxygen atoms in total. The number of ether oxygens (including phenoxy) is 1. The highest BCUT2D eigenvalue weighted by Gasteiger charge is 2.25. The summed E-state index contributed by atoms with van der Waals surface area (Å²) in [5, 5.41) is -0.871. The molecule has 84 valence electrons. The Balaban J connectivity index is 4.24. The molecule has 0 bridgehead atoms. The summed E-state index contributed by atoms with van der Waals surface area (Å²) in [6, 6.07) is 0. The average Bonchev–Trinajstić information content (AvgIpc) is 2.15. The van der Waals surface area contributed by atoms with Crippen LogP contribution < -0.4 is 0 Å². The van der Waals surface area contributed by atoms with Crippen molar-refractivity contribution in [1.82, 2.24) is 0 Å². The number of carbonyl (C=O) groups is 1. The fourth-order valence-electron chi connectivity index (χ4n) is 1.07. The van der Waals surface area contributed by atoms with Gasteiger partial charge in [0.2, 0.25) is 0 Å². The van der Waals surface area contributed by atoms with E-state index in [-0.39, 0.29) is 18.0 Å². The molecule has 1 atom stereocenters. The first-order valence-electron chi connectivity index (χ1n) is 4.69. The number of ketones is 1. The van der Waals surface area contributed by atoms with E-state index in [0.717, 1.165) is 0 Å². The van der Waals surface area contributed by atoms with Gasteiger partial charge >= 0.3 is 0 Å². The average molecular weight is 222 g/mol. The number of Topliss-reactive ketones (excluding diaryl/α,β-unsaturated/α-hetero) is 1. The van der Waals surface area contributed by atoms with Crippen LogP contribution in [0.5, 0.6) is 0 Å². The molecular weight excluding hydrogens is 204 g/mol. The van der Waals surface area contributed by atoms with E-state index in [9.17, 15) is 13.2 Å². The molecule has 0 aliphatic heterocycles. The molecule has 14 heavy (non-hydrogen) atoms. The van der Waals surface area contributed by atoms with Crippen molar-refractivity contribution in [3.63, 3.8) is 0 Å². The van der Waals surface area contributed by atoms with Crippen LogP contribution in [-0.2, 0) is 19.4 Å². The molecule has 0 fully saturated rings. The maximum atomic E-state index is 11.5. The predicted octanol–water partition coefficient (Wildman–Crippen LogP) is 0.805. The van der Waals surface area contributed by atoms with Gasteiger partial charge in [-0.25, -0.2) is 8.42 Å². The topological polar surface area (TPSA) is 60.4 Å². The van der Waals surface area contributed by atoms with Crippen LogP contribution in [0.1, 0.15) is 26.7 Å². The van der Waals surface area contributed by atoms with Crippen LogP contribution in [0.4, 0.5) is 0 Å². The molecule has 5 heteroatoms. The Morgan fingerprint density at radius 1 is 1.43 bits per heavy atom. The standard InChI is InChI=1S/C9H18O4S/c1-4-9(10)8(2)14(11,12)7-5-6-13-3/h8H,4-7H2,1-3H3. The summed E-state index contributed by atoms with van der Waals surface area (Å²) in [5.74, 6) is -0.198. The van der Waals surface area contributed by atoms with Crippen molar-refractivity contribution in [3.05, 3.63) is 0 Å². The van der Waals surface area contributed by atoms with Gasteiger partial charge in [-0.2, -0.15) is 0 Å². The third-order valence-corrected chi connectivity index (χ3v) is 4.32. The highest BCUT2D eigenvalue weighted by atomic mass is 32.2. The van der Waals surface area contributed by atoms with Gasteiger partial charge in [-0.3, -0.25) is 4.79 Å². The fraction of sp³-hybridized carbons (Fsp3) is 0.889. The van der Waals surface area contributed by atoms with E-state index in [0.29, 0.717) is 13.0 Å². The predicted molar refractivity (Wildman–Crippen MR) is 55.0 cm³/mol. The molecule has 0 aromatic rings. The summed E-state index contributed by atoms with van der Waals surface area (Å²) >= 11 is 0. The second-order valence-corrected chi connectivity index (χ2v) is 5.62. The van der Waals surface area contributed by atoms with Crippen LogP contribution in [0.25, 0.3) is 0 Å². The van der Waals surface area contributed by atoms with Crippen molar-refractivity contribution >= 4 is 15.6 Å². The van der Waals surface area contributed by atoms with Gasteiger partial charge in [0.25, 0.3) is 0 Å². The van der Waals surface area contributed by atoms with E-state index in [4.69, 9.17) is 4.74 Å². The van der Waals surface area contributed by atoms with E-state index in [1.165, 1.54) is 14.0 Å². The third kappa shape index (κ3) is 4.19. The number of sulfone groups is 1. The summed E-state index contributed by atoms with van der Waals surface area (Å²) in [4.78, 5) is 11.2. The lowest BCUT2D eigenvalue weighted by molar-refractivity contribution is -0.118. The summed E-state index contributed by atoms with van der Waals surface area (Å²) in [6.45, 7) is 3.53. The molecule has 0 spiro atoms. The Labute approximate surface area is 85.6 Å². The van der Waals surface area contributed by atoms with Crippen molar-refractivity contribution in [2.45, 2.75) is 31.9 Å². The van der Waals surface area contributed by atoms with Gasteiger partial charge in [0.1, 0.15) is 11.0 Å². The van der Waals surface area contributed by atoms with Crippen LogP contribution in [0.15, 0.2) is 0 Å². The van der Waals surface area contributed by atoms with E-state index >= 15 is 0 Å². The highest BCUT2D eigenvalue weighted by Crippen LogP contribution is 2.07. The first-order chi connectivity index (χ1) is 6.45. The normalized spacial score (nSPS) is 13.9. The van der Waals surface area contributed by atoms with Crippen LogP contribution >= 0.6 is 0 Å². The van der Waals surface area contributed by atoms with Gasteiger partial charge in [0.05, 0.1) is 5.75 Å². The molecule has 0 amide bonds. The minimum atomic E-state index is -3.27. The lowest BCUT2D eigenvalue weighted by atomic mass is 10.2. The quantitative estimate of drug-likeness (QED) is 0.598. The zero-order valence-corrected chi connectivity index (χ0v) is 9.76. The van der Waals surface area contributed by atoms with Crippen LogP contribution in [0, 0.1) is 0 Å². The summed E-state index contributed by atoms with van der Waals surface area (Å²) < 4.78 is 27.8. The van der Waals surface area contributed by atoms with Crippen molar-refractivity contribution in [3.8, 4) is 0 Å². The molecule has 1 unspecified atom stereocenters. The van der Waals surface area contributed by atoms with Crippen LogP contribution in [0.3, 0.4) is 0 Å². The molecule has 0 saturated heterocycles. The SMILES string of the molecule is CCC(=O)C(C)S(=O)(=O)CCCOC. The zero-order valence-electron chi connectivity index (χ0n) is 8.95. The maximum Gasteiger partial charge on any atom is 0.160 e. The second kappa shape index (κ2) is 6.14. The molecule has 0 aliphatic rings. The number of hydrogen-bond acceptors (Lipinski definition) is 4. The molecule has 0 aliphatic carbocycles. The molecule has 0 aromatic carbocycles. The van der Waals surface area contributed by atoms with Gasteiger partial charge in [-0.05, 0) is 13.3 Å². The lowest BCUT2D eigenvalue weighted by Gasteiger charge is -2.10. The molecule has 0 radical (unpaired) electrons. The Kier molecular flexibility index (Phi) is 5.95. The van der Waals surface area contributed by atoms with Crippen molar-refractivity contribution < 1.29 is 17.9 Å². The third-order valence-electron chi connectivity index (χ3n) is 2.12. The van der Waals surface area contributed by atoms with Gasteiger partial charge in [0.15, 0.2) is 9.84 Å². The number of methoxy groups -OCH3 is 1. The molecule has 0 rings (SSSR count). The summed E-state index contributed by atoms with van der Waals surface area (Å²) in [5.41, 5.74) is 0. The van der Waals surface area contributed by atoms with E-state index < -0.39 is 15.1 Å². The Morgan fingerprint density at radius 2 is 2.00 bits per heavy atom. The summed E-state index contributed by atoms with van der Waals surface area (Å²) in [7, 11) is -1.75. The van der Waals surface area contributed by atoms with Crippen molar-refractivity contribution in [1.29, 1.82) is 0 Å². The second-order valence-electron chi connectivity index (χ2n) is 3.18. The van der Waals surface area contributed by atoms with Gasteiger partial charge < -0.3 is 4.74 Å². The molecule has 0 aromatic heterocycles. The number of carbonyl (C=O) groups excluding carboxylic acids is 1. The minimum absolute atomic E-state index is 0.0216. The molecule has 0 saturated carbocycles. The number of rotatable bonds is 7. The molecule has 0 heterocycles. The smallest absolute Gasteiger partial charge is 0.160 e. The highest BCUT2D eigenvalue weighted by molar-refractivity contribution is 7.92. The maximum absolute atomic E-state index is 11.5. The van der Waals surface area contributed by atoms with Crippen molar-refractivity contribution in [2.75, 3.05) is 19.5 Å². The summed E-state index contributed by atoms with van der Waals surface area (Å²) in [6.07, 6.45) is 0.713. The van der Waals surface area contributed by atoms with E-state index in [1.54, 1.807) is 6.92 Å². The molecule has 0 N–H and O–H groups in total. The van der Waals surface area contributed by atoms with Gasteiger partial charge in [-0.1, -0.05) is 6.92 Å². The Hall–Kier alpha value is -0.420.